The smallest absolute Gasteiger partial charge is 0.370 e. The second-order valence-corrected chi connectivity index (χ2v) is 3.04. The summed E-state index contributed by atoms with van der Waals surface area (Å²) >= 11 is 0. The molecule has 1 aromatic rings. The third-order valence-electron chi connectivity index (χ3n) is 1.69. The largest absolute Gasteiger partial charge is 0.416 e. The van der Waals surface area contributed by atoms with Gasteiger partial charge in [0.2, 0.25) is 0 Å². The molecule has 1 rings (SSSR count). The number of amides is 2. The summed E-state index contributed by atoms with van der Waals surface area (Å²) < 4.78 is 36.6. The fourth-order valence-corrected chi connectivity index (χ4v) is 1.01. The topological polar surface area (TPSA) is 93.5 Å². The number of nitrogens with two attached hydrogens (primary N) is 2. The standard InChI is InChI=1S/C9H9F3N4O/c10-9(11,12)5-1-3-6(4-2-5)15-8(17)16-7(13)14/h1-4H,(H5,13,14,15,16,17). The SMILES string of the molecule is NC(N)=NC(=O)Nc1ccc(C(F)(F)F)cc1. The molecule has 8 heteroatoms. The fourth-order valence-electron chi connectivity index (χ4n) is 1.01. The summed E-state index contributed by atoms with van der Waals surface area (Å²) in [6.45, 7) is 0. The first-order valence-electron chi connectivity index (χ1n) is 4.37. The van der Waals surface area contributed by atoms with Gasteiger partial charge in [0.25, 0.3) is 0 Å². The third kappa shape index (κ3) is 4.01. The number of nitrogens with one attached hydrogen (secondary N) is 1. The number of hydrogen-bond acceptors (Lipinski definition) is 1. The van der Waals surface area contributed by atoms with Crippen LogP contribution in [0.2, 0.25) is 0 Å². The molecule has 0 saturated heterocycles. The molecule has 0 atom stereocenters. The Morgan fingerprint density at radius 2 is 1.71 bits per heavy atom. The lowest BCUT2D eigenvalue weighted by atomic mass is 10.2. The molecule has 5 N–H and O–H groups in total. The van der Waals surface area contributed by atoms with Crippen molar-refractivity contribution in [1.29, 1.82) is 0 Å². The number of carbonyl (C=O) groups excluding carboxylic acids is 1. The molecule has 0 radical (unpaired) electrons. The summed E-state index contributed by atoms with van der Waals surface area (Å²) in [4.78, 5) is 14.2. The van der Waals surface area contributed by atoms with E-state index in [9.17, 15) is 18.0 Å². The molecule has 0 aliphatic heterocycles. The van der Waals surface area contributed by atoms with E-state index < -0.39 is 23.7 Å². The monoisotopic (exact) mass is 246 g/mol. The van der Waals surface area contributed by atoms with E-state index in [-0.39, 0.29) is 5.69 Å². The van der Waals surface area contributed by atoms with E-state index in [1.807, 2.05) is 0 Å². The molecule has 0 saturated carbocycles. The zero-order valence-electron chi connectivity index (χ0n) is 8.45. The summed E-state index contributed by atoms with van der Waals surface area (Å²) in [6, 6.07) is 3.02. The average molecular weight is 246 g/mol. The molecule has 0 unspecified atom stereocenters. The Labute approximate surface area is 94.3 Å². The van der Waals surface area contributed by atoms with E-state index >= 15 is 0 Å². The number of alkyl halides is 3. The van der Waals surface area contributed by atoms with Crippen LogP contribution in [0.1, 0.15) is 5.56 Å². The second kappa shape index (κ2) is 4.73. The molecule has 17 heavy (non-hydrogen) atoms. The minimum absolute atomic E-state index is 0.160. The van der Waals surface area contributed by atoms with Gasteiger partial charge in [0.1, 0.15) is 0 Å². The molecular formula is C9H9F3N4O. The van der Waals surface area contributed by atoms with Crippen molar-refractivity contribution in [2.45, 2.75) is 6.18 Å². The van der Waals surface area contributed by atoms with Crippen LogP contribution in [0.5, 0.6) is 0 Å². The first-order valence-corrected chi connectivity index (χ1v) is 4.37. The first-order chi connectivity index (χ1) is 7.79. The van der Waals surface area contributed by atoms with Crippen LogP contribution in [0.15, 0.2) is 29.3 Å². The van der Waals surface area contributed by atoms with Crippen LogP contribution < -0.4 is 16.8 Å². The molecule has 1 aromatic carbocycles. The van der Waals surface area contributed by atoms with Gasteiger partial charge in [-0.05, 0) is 24.3 Å². The first kappa shape index (κ1) is 12.8. The molecule has 0 aromatic heterocycles. The van der Waals surface area contributed by atoms with Crippen LogP contribution in [0.3, 0.4) is 0 Å². The predicted molar refractivity (Wildman–Crippen MR) is 56.3 cm³/mol. The van der Waals surface area contributed by atoms with Gasteiger partial charge >= 0.3 is 12.2 Å². The number of hydrogen-bond donors (Lipinski definition) is 3. The Bertz CT molecular complexity index is 435. The Morgan fingerprint density at radius 1 is 1.18 bits per heavy atom. The molecule has 0 spiro atoms. The van der Waals surface area contributed by atoms with Crippen molar-refractivity contribution in [3.63, 3.8) is 0 Å². The molecule has 5 nitrogen and oxygen atoms in total. The van der Waals surface area contributed by atoms with Gasteiger partial charge in [-0.15, -0.1) is 0 Å². The number of halogens is 3. The van der Waals surface area contributed by atoms with Gasteiger partial charge in [-0.2, -0.15) is 18.2 Å². The number of nitrogens with zero attached hydrogens (tertiary/aromatic N) is 1. The van der Waals surface area contributed by atoms with E-state index in [4.69, 9.17) is 11.5 Å². The second-order valence-electron chi connectivity index (χ2n) is 3.04. The summed E-state index contributed by atoms with van der Waals surface area (Å²) in [5.74, 6) is -0.436. The number of aliphatic imine (C=N–C) groups is 1. The summed E-state index contributed by atoms with van der Waals surface area (Å²) in [7, 11) is 0. The Kier molecular flexibility index (Phi) is 3.56. The van der Waals surface area contributed by atoms with Gasteiger partial charge in [-0.3, -0.25) is 0 Å². The minimum atomic E-state index is -4.41. The van der Waals surface area contributed by atoms with E-state index in [0.717, 1.165) is 24.3 Å². The lowest BCUT2D eigenvalue weighted by Gasteiger charge is -2.07. The highest BCUT2D eigenvalue weighted by atomic mass is 19.4. The Hall–Kier alpha value is -2.25. The zero-order valence-corrected chi connectivity index (χ0v) is 8.45. The highest BCUT2D eigenvalue weighted by Crippen LogP contribution is 2.29. The zero-order chi connectivity index (χ0) is 13.1. The Morgan fingerprint density at radius 3 is 2.12 bits per heavy atom. The van der Waals surface area contributed by atoms with Crippen molar-refractivity contribution in [3.05, 3.63) is 29.8 Å². The van der Waals surface area contributed by atoms with Crippen LogP contribution in [0.25, 0.3) is 0 Å². The number of benzene rings is 1. The number of rotatable bonds is 1. The number of anilines is 1. The molecule has 0 aliphatic carbocycles. The number of urea groups is 1. The van der Waals surface area contributed by atoms with Crippen molar-refractivity contribution in [3.8, 4) is 0 Å². The quantitative estimate of drug-likeness (QED) is 0.518. The van der Waals surface area contributed by atoms with Gasteiger partial charge in [-0.25, -0.2) is 4.79 Å². The maximum atomic E-state index is 12.2. The van der Waals surface area contributed by atoms with Crippen molar-refractivity contribution in [1.82, 2.24) is 0 Å². The van der Waals surface area contributed by atoms with Gasteiger partial charge in [0.05, 0.1) is 5.56 Å². The molecule has 92 valence electrons. The van der Waals surface area contributed by atoms with Crippen molar-refractivity contribution in [2.24, 2.45) is 16.5 Å². The summed E-state index contributed by atoms with van der Waals surface area (Å²) in [5, 5.41) is 2.20. The van der Waals surface area contributed by atoms with Crippen LogP contribution >= 0.6 is 0 Å². The molecule has 0 heterocycles. The van der Waals surface area contributed by atoms with Gasteiger partial charge in [0, 0.05) is 5.69 Å². The maximum absolute atomic E-state index is 12.2. The van der Waals surface area contributed by atoms with Gasteiger partial charge in [-0.1, -0.05) is 0 Å². The summed E-state index contributed by atoms with van der Waals surface area (Å²) in [5.41, 5.74) is 9.24. The van der Waals surface area contributed by atoms with E-state index in [0.29, 0.717) is 0 Å². The van der Waals surface area contributed by atoms with Gasteiger partial charge in [0.15, 0.2) is 5.96 Å². The Balaban J connectivity index is 2.76. The highest BCUT2D eigenvalue weighted by Gasteiger charge is 2.29. The van der Waals surface area contributed by atoms with Crippen LogP contribution in [-0.4, -0.2) is 12.0 Å². The summed E-state index contributed by atoms with van der Waals surface area (Å²) in [6.07, 6.45) is -4.41. The number of carbonyl (C=O) groups is 1. The van der Waals surface area contributed by atoms with Crippen molar-refractivity contribution < 1.29 is 18.0 Å². The van der Waals surface area contributed by atoms with E-state index in [2.05, 4.69) is 10.3 Å². The molecule has 0 fully saturated rings. The maximum Gasteiger partial charge on any atom is 0.416 e. The highest BCUT2D eigenvalue weighted by molar-refractivity contribution is 5.98. The molecule has 2 amide bonds. The predicted octanol–water partition coefficient (Wildman–Crippen LogP) is 1.51. The van der Waals surface area contributed by atoms with Gasteiger partial charge < -0.3 is 16.8 Å². The lowest BCUT2D eigenvalue weighted by molar-refractivity contribution is -0.137. The van der Waals surface area contributed by atoms with Crippen LogP contribution in [0.4, 0.5) is 23.7 Å². The normalized spacial score (nSPS) is 10.8. The molecule has 0 bridgehead atoms. The van der Waals surface area contributed by atoms with Crippen molar-refractivity contribution >= 4 is 17.7 Å². The van der Waals surface area contributed by atoms with E-state index in [1.54, 1.807) is 0 Å². The molecule has 0 aliphatic rings. The molecular weight excluding hydrogens is 237 g/mol. The van der Waals surface area contributed by atoms with Crippen molar-refractivity contribution in [2.75, 3.05) is 5.32 Å². The fraction of sp³-hybridized carbons (Fsp3) is 0.111. The third-order valence-corrected chi connectivity index (χ3v) is 1.69. The van der Waals surface area contributed by atoms with Crippen LogP contribution in [-0.2, 0) is 6.18 Å². The van der Waals surface area contributed by atoms with Crippen LogP contribution in [0, 0.1) is 0 Å². The average Bonchev–Trinajstić information content (AvgIpc) is 2.15. The van der Waals surface area contributed by atoms with E-state index in [1.165, 1.54) is 0 Å². The minimum Gasteiger partial charge on any atom is -0.370 e. The number of guanidine groups is 1. The lowest BCUT2D eigenvalue weighted by Crippen LogP contribution is -2.25.